The number of benzene rings is 1. The van der Waals surface area contributed by atoms with Crippen molar-refractivity contribution in [3.8, 4) is 17.1 Å². The van der Waals surface area contributed by atoms with Crippen molar-refractivity contribution in [1.29, 1.82) is 0 Å². The molecule has 0 saturated heterocycles. The zero-order valence-corrected chi connectivity index (χ0v) is 14.7. The van der Waals surface area contributed by atoms with Crippen LogP contribution in [0.3, 0.4) is 0 Å². The molecule has 138 valence electrons. The van der Waals surface area contributed by atoms with Gasteiger partial charge in [0.05, 0.1) is 12.7 Å². The van der Waals surface area contributed by atoms with Gasteiger partial charge in [0.1, 0.15) is 11.6 Å². The molecular weight excluding hydrogens is 348 g/mol. The molecule has 0 radical (unpaired) electrons. The highest BCUT2D eigenvalue weighted by molar-refractivity contribution is 5.89. The smallest absolute Gasteiger partial charge is 0.340 e. The van der Waals surface area contributed by atoms with Crippen LogP contribution in [0.2, 0.25) is 0 Å². The molecular formula is C19H18N4O4. The van der Waals surface area contributed by atoms with Gasteiger partial charge in [-0.1, -0.05) is 17.3 Å². The first-order valence-electron chi connectivity index (χ1n) is 8.58. The Morgan fingerprint density at radius 1 is 1.30 bits per heavy atom. The largest absolute Gasteiger partial charge is 0.497 e. The van der Waals surface area contributed by atoms with Crippen LogP contribution in [0, 0.1) is 0 Å². The van der Waals surface area contributed by atoms with Crippen LogP contribution in [0.15, 0.2) is 47.1 Å². The van der Waals surface area contributed by atoms with E-state index in [1.54, 1.807) is 25.3 Å². The van der Waals surface area contributed by atoms with Crippen LogP contribution in [0.5, 0.6) is 5.75 Å². The summed E-state index contributed by atoms with van der Waals surface area (Å²) in [7, 11) is 1.59. The number of carbonyl (C=O) groups excluding carboxylic acids is 1. The normalized spacial score (nSPS) is 13.2. The van der Waals surface area contributed by atoms with Crippen molar-refractivity contribution in [3.05, 3.63) is 54.0 Å². The number of nitrogens with zero attached hydrogens (tertiary/aromatic N) is 3. The van der Waals surface area contributed by atoms with E-state index in [0.29, 0.717) is 23.2 Å². The van der Waals surface area contributed by atoms with E-state index in [0.717, 1.165) is 24.2 Å². The molecule has 1 aliphatic carbocycles. The molecule has 1 aliphatic rings. The molecule has 1 fully saturated rings. The predicted octanol–water partition coefficient (Wildman–Crippen LogP) is 3.07. The molecule has 3 aromatic rings. The standard InChI is InChI=1S/C19H18N4O4/c1-25-15-4-2-3-12(9-15)18-22-17(27-23-18)11-26-19(24)13-5-8-16(20-10-13)21-14-6-7-14/h2-5,8-10,14H,6-7,11H2,1H3,(H,20,21). The first-order valence-corrected chi connectivity index (χ1v) is 8.58. The lowest BCUT2D eigenvalue weighted by atomic mass is 10.2. The second-order valence-electron chi connectivity index (χ2n) is 6.17. The third-order valence-electron chi connectivity index (χ3n) is 4.05. The fourth-order valence-corrected chi connectivity index (χ4v) is 2.44. The third kappa shape index (κ3) is 4.22. The molecule has 2 heterocycles. The summed E-state index contributed by atoms with van der Waals surface area (Å²) < 4.78 is 15.5. The molecule has 0 amide bonds. The fourth-order valence-electron chi connectivity index (χ4n) is 2.44. The van der Waals surface area contributed by atoms with Crippen molar-refractivity contribution in [3.63, 3.8) is 0 Å². The van der Waals surface area contributed by atoms with E-state index in [-0.39, 0.29) is 12.5 Å². The minimum Gasteiger partial charge on any atom is -0.497 e. The number of methoxy groups -OCH3 is 1. The van der Waals surface area contributed by atoms with E-state index in [2.05, 4.69) is 20.4 Å². The van der Waals surface area contributed by atoms with E-state index >= 15 is 0 Å². The van der Waals surface area contributed by atoms with E-state index in [1.165, 1.54) is 6.20 Å². The quantitative estimate of drug-likeness (QED) is 0.637. The van der Waals surface area contributed by atoms with Crippen LogP contribution in [0.1, 0.15) is 29.1 Å². The van der Waals surface area contributed by atoms with Crippen molar-refractivity contribution in [1.82, 2.24) is 15.1 Å². The highest BCUT2D eigenvalue weighted by Gasteiger charge is 2.21. The molecule has 0 aliphatic heterocycles. The van der Waals surface area contributed by atoms with Gasteiger partial charge in [0.2, 0.25) is 5.82 Å². The molecule has 1 saturated carbocycles. The van der Waals surface area contributed by atoms with Crippen molar-refractivity contribution >= 4 is 11.8 Å². The maximum atomic E-state index is 12.1. The molecule has 0 bridgehead atoms. The zero-order valence-electron chi connectivity index (χ0n) is 14.7. The van der Waals surface area contributed by atoms with E-state index in [1.807, 2.05) is 18.2 Å². The van der Waals surface area contributed by atoms with Crippen LogP contribution >= 0.6 is 0 Å². The number of pyridine rings is 1. The third-order valence-corrected chi connectivity index (χ3v) is 4.05. The molecule has 0 spiro atoms. The Bertz CT molecular complexity index is 935. The SMILES string of the molecule is COc1cccc(-c2noc(COC(=O)c3ccc(NC4CC4)nc3)n2)c1. The first kappa shape index (κ1) is 17.0. The monoisotopic (exact) mass is 366 g/mol. The van der Waals surface area contributed by atoms with Crippen LogP contribution in [0.4, 0.5) is 5.82 Å². The zero-order chi connectivity index (χ0) is 18.6. The first-order chi connectivity index (χ1) is 13.2. The van der Waals surface area contributed by atoms with Crippen molar-refractivity contribution in [2.75, 3.05) is 12.4 Å². The summed E-state index contributed by atoms with van der Waals surface area (Å²) in [5.41, 5.74) is 1.11. The summed E-state index contributed by atoms with van der Waals surface area (Å²) in [5, 5.41) is 7.16. The summed E-state index contributed by atoms with van der Waals surface area (Å²) in [6.07, 6.45) is 3.81. The molecule has 4 rings (SSSR count). The Labute approximate surface area is 155 Å². The molecule has 1 aromatic carbocycles. The number of hydrogen-bond donors (Lipinski definition) is 1. The summed E-state index contributed by atoms with van der Waals surface area (Å²) >= 11 is 0. The number of anilines is 1. The summed E-state index contributed by atoms with van der Waals surface area (Å²) in [4.78, 5) is 20.6. The lowest BCUT2D eigenvalue weighted by Gasteiger charge is -2.05. The number of carbonyl (C=O) groups is 1. The molecule has 0 atom stereocenters. The van der Waals surface area contributed by atoms with Gasteiger partial charge in [-0.2, -0.15) is 4.98 Å². The number of ether oxygens (including phenoxy) is 2. The topological polar surface area (TPSA) is 99.4 Å². The number of rotatable bonds is 7. The number of hydrogen-bond acceptors (Lipinski definition) is 8. The van der Waals surface area contributed by atoms with Crippen molar-refractivity contribution in [2.45, 2.75) is 25.5 Å². The fraction of sp³-hybridized carbons (Fsp3) is 0.263. The van der Waals surface area contributed by atoms with Gasteiger partial charge in [0.15, 0.2) is 6.61 Å². The Balaban J connectivity index is 1.35. The van der Waals surface area contributed by atoms with Gasteiger partial charge < -0.3 is 19.3 Å². The molecule has 2 aromatic heterocycles. The predicted molar refractivity (Wildman–Crippen MR) is 96.3 cm³/mol. The van der Waals surface area contributed by atoms with Crippen molar-refractivity contribution < 1.29 is 18.8 Å². The minimum atomic E-state index is -0.499. The second kappa shape index (κ2) is 7.45. The Morgan fingerprint density at radius 3 is 2.93 bits per heavy atom. The van der Waals surface area contributed by atoms with Gasteiger partial charge >= 0.3 is 5.97 Å². The number of nitrogens with one attached hydrogen (secondary N) is 1. The van der Waals surface area contributed by atoms with Crippen LogP contribution < -0.4 is 10.1 Å². The highest BCUT2D eigenvalue weighted by atomic mass is 16.6. The van der Waals surface area contributed by atoms with E-state index in [4.69, 9.17) is 14.0 Å². The Kier molecular flexibility index (Phi) is 4.69. The van der Waals surface area contributed by atoms with Gasteiger partial charge in [0.25, 0.3) is 5.89 Å². The highest BCUT2D eigenvalue weighted by Crippen LogP contribution is 2.24. The Hall–Kier alpha value is -3.42. The summed E-state index contributed by atoms with van der Waals surface area (Å²) in [6, 6.07) is 11.2. The maximum absolute atomic E-state index is 12.1. The number of esters is 1. The lowest BCUT2D eigenvalue weighted by molar-refractivity contribution is 0.0429. The molecule has 8 nitrogen and oxygen atoms in total. The summed E-state index contributed by atoms with van der Waals surface area (Å²) in [6.45, 7) is -0.113. The molecule has 8 heteroatoms. The van der Waals surface area contributed by atoms with Crippen molar-refractivity contribution in [2.24, 2.45) is 0 Å². The lowest BCUT2D eigenvalue weighted by Crippen LogP contribution is -2.07. The molecule has 27 heavy (non-hydrogen) atoms. The average Bonchev–Trinajstić information content (AvgIpc) is 3.40. The molecule has 0 unspecified atom stereocenters. The maximum Gasteiger partial charge on any atom is 0.340 e. The van der Waals surface area contributed by atoms with Crippen LogP contribution in [-0.2, 0) is 11.3 Å². The van der Waals surface area contributed by atoms with Gasteiger partial charge in [0, 0.05) is 17.8 Å². The second-order valence-corrected chi connectivity index (χ2v) is 6.17. The number of aromatic nitrogens is 3. The van der Waals surface area contributed by atoms with Gasteiger partial charge in [-0.3, -0.25) is 0 Å². The van der Waals surface area contributed by atoms with Crippen LogP contribution in [0.25, 0.3) is 11.4 Å². The van der Waals surface area contributed by atoms with Crippen LogP contribution in [-0.4, -0.2) is 34.2 Å². The average molecular weight is 366 g/mol. The minimum absolute atomic E-state index is 0.113. The Morgan fingerprint density at radius 2 is 2.19 bits per heavy atom. The molecule has 1 N–H and O–H groups in total. The van der Waals surface area contributed by atoms with E-state index < -0.39 is 5.97 Å². The van der Waals surface area contributed by atoms with Gasteiger partial charge in [-0.25, -0.2) is 9.78 Å². The summed E-state index contributed by atoms with van der Waals surface area (Å²) in [5.74, 6) is 1.56. The van der Waals surface area contributed by atoms with E-state index in [9.17, 15) is 4.79 Å². The van der Waals surface area contributed by atoms with Gasteiger partial charge in [-0.15, -0.1) is 0 Å². The van der Waals surface area contributed by atoms with Gasteiger partial charge in [-0.05, 0) is 37.1 Å².